The van der Waals surface area contributed by atoms with Crippen LogP contribution in [-0.4, -0.2) is 14.5 Å². The average Bonchev–Trinajstić information content (AvgIpc) is 3.01. The molecule has 0 spiro atoms. The van der Waals surface area contributed by atoms with Gasteiger partial charge >= 0.3 is 0 Å². The Morgan fingerprint density at radius 1 is 1.00 bits per heavy atom. The van der Waals surface area contributed by atoms with Gasteiger partial charge in [-0.3, -0.25) is 0 Å². The number of hydrogen-bond acceptors (Lipinski definition) is 2. The van der Waals surface area contributed by atoms with E-state index in [0.29, 0.717) is 17.2 Å². The molecule has 0 N–H and O–H groups in total. The Labute approximate surface area is 145 Å². The van der Waals surface area contributed by atoms with Gasteiger partial charge in [0, 0.05) is 17.3 Å². The smallest absolute Gasteiger partial charge is 0.165 e. The molecule has 0 aliphatic heterocycles. The van der Waals surface area contributed by atoms with Crippen molar-refractivity contribution in [2.24, 2.45) is 0 Å². The minimum Gasteiger partial charge on any atom is -0.301 e. The Kier molecular flexibility index (Phi) is 3.65. The molecule has 0 unspecified atom stereocenters. The van der Waals surface area contributed by atoms with Crippen molar-refractivity contribution in [1.29, 1.82) is 0 Å². The maximum absolute atomic E-state index is 14.3. The molecule has 0 aliphatic carbocycles. The third-order valence-corrected chi connectivity index (χ3v) is 4.26. The van der Waals surface area contributed by atoms with Crippen LogP contribution in [0.15, 0.2) is 67.4 Å². The number of para-hydroxylation sites is 1. The highest BCUT2D eigenvalue weighted by atomic mass is 19.1. The Morgan fingerprint density at radius 3 is 2.56 bits per heavy atom. The lowest BCUT2D eigenvalue weighted by molar-refractivity contribution is 0.630. The zero-order valence-electron chi connectivity index (χ0n) is 13.8. The topological polar surface area (TPSA) is 30.7 Å². The summed E-state index contributed by atoms with van der Waals surface area (Å²) < 4.78 is 16.2. The largest absolute Gasteiger partial charge is 0.301 e. The van der Waals surface area contributed by atoms with E-state index < -0.39 is 0 Å². The van der Waals surface area contributed by atoms with Crippen molar-refractivity contribution in [2.45, 2.75) is 6.92 Å². The van der Waals surface area contributed by atoms with Gasteiger partial charge in [-0.15, -0.1) is 0 Å². The molecule has 0 saturated carbocycles. The van der Waals surface area contributed by atoms with Crippen molar-refractivity contribution >= 4 is 17.0 Å². The standard InChI is InChI=1S/C21H16FN3/c1-3-19-14(2)12-13-25(19)21-16-9-5-7-11-18(16)23-20(24-21)15-8-4-6-10-17(15)22/h3-13H,1H2,2H3. The molecule has 4 aromatic rings. The molecule has 2 aromatic heterocycles. The highest BCUT2D eigenvalue weighted by molar-refractivity contribution is 5.87. The molecule has 2 aromatic carbocycles. The summed E-state index contributed by atoms with van der Waals surface area (Å²) in [6.07, 6.45) is 3.75. The van der Waals surface area contributed by atoms with Gasteiger partial charge in [-0.05, 0) is 48.9 Å². The van der Waals surface area contributed by atoms with Crippen LogP contribution in [-0.2, 0) is 0 Å². The summed E-state index contributed by atoms with van der Waals surface area (Å²) in [6.45, 7) is 5.92. The first-order valence-corrected chi connectivity index (χ1v) is 8.01. The maximum Gasteiger partial charge on any atom is 0.165 e. The SMILES string of the molecule is C=Cc1c(C)ccn1-c1nc(-c2ccccc2F)nc2ccccc12. The Bertz CT molecular complexity index is 1100. The fraction of sp³-hybridized carbons (Fsp3) is 0.0476. The van der Waals surface area contributed by atoms with Crippen LogP contribution in [0.25, 0.3) is 34.2 Å². The molecule has 0 atom stereocenters. The molecule has 0 saturated heterocycles. The van der Waals surface area contributed by atoms with Gasteiger partial charge in [0.1, 0.15) is 11.6 Å². The van der Waals surface area contributed by atoms with Crippen LogP contribution in [0.4, 0.5) is 4.39 Å². The molecular formula is C21H16FN3. The number of aromatic nitrogens is 3. The number of halogens is 1. The number of hydrogen-bond donors (Lipinski definition) is 0. The minimum absolute atomic E-state index is 0.337. The second-order valence-corrected chi connectivity index (χ2v) is 5.83. The van der Waals surface area contributed by atoms with Gasteiger partial charge in [0.15, 0.2) is 5.82 Å². The van der Waals surface area contributed by atoms with Gasteiger partial charge in [-0.25, -0.2) is 14.4 Å². The molecule has 2 heterocycles. The predicted octanol–water partition coefficient (Wildman–Crippen LogP) is 5.18. The van der Waals surface area contributed by atoms with E-state index in [9.17, 15) is 4.39 Å². The van der Waals surface area contributed by atoms with Crippen LogP contribution >= 0.6 is 0 Å². The molecule has 0 aliphatic rings. The van der Waals surface area contributed by atoms with Gasteiger partial charge in [0.2, 0.25) is 0 Å². The van der Waals surface area contributed by atoms with Crippen LogP contribution in [0.3, 0.4) is 0 Å². The van der Waals surface area contributed by atoms with Gasteiger partial charge in [-0.1, -0.05) is 30.8 Å². The van der Waals surface area contributed by atoms with Crippen LogP contribution in [0.5, 0.6) is 0 Å². The van der Waals surface area contributed by atoms with E-state index in [1.54, 1.807) is 24.3 Å². The third-order valence-electron chi connectivity index (χ3n) is 4.26. The van der Waals surface area contributed by atoms with Crippen LogP contribution in [0.2, 0.25) is 0 Å². The van der Waals surface area contributed by atoms with E-state index in [0.717, 1.165) is 22.2 Å². The summed E-state index contributed by atoms with van der Waals surface area (Å²) in [7, 11) is 0. The monoisotopic (exact) mass is 329 g/mol. The van der Waals surface area contributed by atoms with Gasteiger partial charge in [-0.2, -0.15) is 0 Å². The molecule has 4 rings (SSSR count). The van der Waals surface area contributed by atoms with Crippen LogP contribution in [0, 0.1) is 12.7 Å². The zero-order valence-corrected chi connectivity index (χ0v) is 13.8. The molecule has 3 nitrogen and oxygen atoms in total. The summed E-state index contributed by atoms with van der Waals surface area (Å²) in [4.78, 5) is 9.25. The van der Waals surface area contributed by atoms with Crippen molar-refractivity contribution in [1.82, 2.24) is 14.5 Å². The first-order chi connectivity index (χ1) is 12.2. The molecule has 122 valence electrons. The Morgan fingerprint density at radius 2 is 1.76 bits per heavy atom. The number of fused-ring (bicyclic) bond motifs is 1. The molecule has 0 radical (unpaired) electrons. The molecule has 0 amide bonds. The Balaban J connectivity index is 2.06. The highest BCUT2D eigenvalue weighted by Gasteiger charge is 2.15. The third kappa shape index (κ3) is 2.52. The average molecular weight is 329 g/mol. The van der Waals surface area contributed by atoms with Gasteiger partial charge in [0.05, 0.1) is 11.1 Å². The highest BCUT2D eigenvalue weighted by Crippen LogP contribution is 2.27. The van der Waals surface area contributed by atoms with E-state index >= 15 is 0 Å². The summed E-state index contributed by atoms with van der Waals surface area (Å²) in [6, 6.07) is 16.3. The molecular weight excluding hydrogens is 313 g/mol. The molecule has 0 fully saturated rings. The van der Waals surface area contributed by atoms with E-state index in [4.69, 9.17) is 0 Å². The molecule has 4 heteroatoms. The predicted molar refractivity (Wildman–Crippen MR) is 99.1 cm³/mol. The first kappa shape index (κ1) is 15.3. The summed E-state index contributed by atoms with van der Waals surface area (Å²) in [5.41, 5.74) is 3.22. The molecule has 25 heavy (non-hydrogen) atoms. The van der Waals surface area contributed by atoms with Gasteiger partial charge in [0.25, 0.3) is 0 Å². The Hall–Kier alpha value is -3.27. The number of aryl methyl sites for hydroxylation is 1. The lowest BCUT2D eigenvalue weighted by atomic mass is 10.1. The number of benzene rings is 2. The van der Waals surface area contributed by atoms with Crippen LogP contribution < -0.4 is 0 Å². The zero-order chi connectivity index (χ0) is 17.4. The van der Waals surface area contributed by atoms with Crippen molar-refractivity contribution in [2.75, 3.05) is 0 Å². The van der Waals surface area contributed by atoms with Crippen molar-refractivity contribution in [3.05, 3.63) is 84.4 Å². The lowest BCUT2D eigenvalue weighted by Crippen LogP contribution is -2.04. The fourth-order valence-electron chi connectivity index (χ4n) is 2.99. The van der Waals surface area contributed by atoms with Crippen molar-refractivity contribution < 1.29 is 4.39 Å². The second kappa shape index (κ2) is 5.98. The summed E-state index contributed by atoms with van der Waals surface area (Å²) in [5.74, 6) is 0.747. The van der Waals surface area contributed by atoms with Gasteiger partial charge < -0.3 is 4.57 Å². The number of nitrogens with zero attached hydrogens (tertiary/aromatic N) is 3. The normalized spacial score (nSPS) is 11.0. The van der Waals surface area contributed by atoms with E-state index in [2.05, 4.69) is 16.5 Å². The summed E-state index contributed by atoms with van der Waals surface area (Å²) in [5, 5.41) is 0.904. The van der Waals surface area contributed by atoms with Crippen LogP contribution in [0.1, 0.15) is 11.3 Å². The first-order valence-electron chi connectivity index (χ1n) is 8.01. The summed E-state index contributed by atoms with van der Waals surface area (Å²) >= 11 is 0. The van der Waals surface area contributed by atoms with Crippen molar-refractivity contribution in [3.63, 3.8) is 0 Å². The maximum atomic E-state index is 14.3. The second-order valence-electron chi connectivity index (χ2n) is 5.83. The molecule has 0 bridgehead atoms. The fourth-order valence-corrected chi connectivity index (χ4v) is 2.99. The quantitative estimate of drug-likeness (QED) is 0.518. The van der Waals surface area contributed by atoms with E-state index in [1.165, 1.54) is 6.07 Å². The van der Waals surface area contributed by atoms with Crippen molar-refractivity contribution in [3.8, 4) is 17.2 Å². The minimum atomic E-state index is -0.337. The lowest BCUT2D eigenvalue weighted by Gasteiger charge is -2.12. The van der Waals surface area contributed by atoms with E-state index in [-0.39, 0.29) is 5.82 Å². The number of rotatable bonds is 3. The van der Waals surface area contributed by atoms with E-state index in [1.807, 2.05) is 48.0 Å².